The lowest BCUT2D eigenvalue weighted by Crippen LogP contribution is -2.29. The summed E-state index contributed by atoms with van der Waals surface area (Å²) in [6.07, 6.45) is -5.28. The molecule has 184 valence electrons. The average molecular weight is 507 g/mol. The number of carbonyl (C=O) groups is 2. The second-order valence-corrected chi connectivity index (χ2v) is 6.70. The van der Waals surface area contributed by atoms with Crippen molar-refractivity contribution in [1.82, 2.24) is 5.32 Å². The van der Waals surface area contributed by atoms with Gasteiger partial charge in [0.05, 0.1) is 28.7 Å². The maximum atomic E-state index is 12.8. The molecule has 1 amide bonds. The molecule has 2 rings (SSSR count). The summed E-state index contributed by atoms with van der Waals surface area (Å²) in [5, 5.41) is 13.2. The molecule has 14 heteroatoms. The fraction of sp³-hybridized carbons (Fsp3) is 0.300. The lowest BCUT2D eigenvalue weighted by molar-refractivity contribution is -0.385. The molecule has 0 radical (unpaired) electrons. The van der Waals surface area contributed by atoms with E-state index in [1.807, 2.05) is 0 Å². The van der Waals surface area contributed by atoms with Gasteiger partial charge in [0.1, 0.15) is 18.1 Å². The second kappa shape index (κ2) is 11.9. The molecule has 0 aliphatic carbocycles. The summed E-state index contributed by atoms with van der Waals surface area (Å²) >= 11 is 5.85. The minimum Gasteiger partial charge on any atom is -0.475 e. The van der Waals surface area contributed by atoms with Crippen molar-refractivity contribution in [3.63, 3.8) is 0 Å². The first kappa shape index (κ1) is 26.5. The first-order chi connectivity index (χ1) is 16.0. The fourth-order valence-corrected chi connectivity index (χ4v) is 2.61. The third kappa shape index (κ3) is 7.99. The van der Waals surface area contributed by atoms with Crippen molar-refractivity contribution in [2.45, 2.75) is 13.1 Å². The summed E-state index contributed by atoms with van der Waals surface area (Å²) in [7, 11) is 0. The van der Waals surface area contributed by atoms with Crippen LogP contribution in [-0.4, -0.2) is 43.4 Å². The number of alkyl halides is 3. The highest BCUT2D eigenvalue weighted by atomic mass is 35.5. The van der Waals surface area contributed by atoms with Gasteiger partial charge in [-0.25, -0.2) is 9.59 Å². The number of amides is 1. The number of halogens is 4. The number of nitrogens with one attached hydrogen (secondary N) is 1. The Balaban J connectivity index is 2.03. The highest BCUT2D eigenvalue weighted by Crippen LogP contribution is 2.38. The molecular weight excluding hydrogens is 489 g/mol. The smallest absolute Gasteiger partial charge is 0.416 e. The lowest BCUT2D eigenvalue weighted by atomic mass is 10.2. The van der Waals surface area contributed by atoms with E-state index in [1.54, 1.807) is 6.92 Å². The van der Waals surface area contributed by atoms with Crippen LogP contribution in [0.1, 0.15) is 12.5 Å². The van der Waals surface area contributed by atoms with Crippen LogP contribution in [0.4, 0.5) is 23.7 Å². The van der Waals surface area contributed by atoms with Gasteiger partial charge in [0.15, 0.2) is 6.61 Å². The van der Waals surface area contributed by atoms with Crippen molar-refractivity contribution in [1.29, 1.82) is 0 Å². The summed E-state index contributed by atoms with van der Waals surface area (Å²) in [6.45, 7) is 0.867. The molecule has 0 aliphatic heterocycles. The topological polar surface area (TPSA) is 126 Å². The van der Waals surface area contributed by atoms with Crippen LogP contribution in [0.15, 0.2) is 36.4 Å². The van der Waals surface area contributed by atoms with Crippen molar-refractivity contribution in [2.24, 2.45) is 0 Å². The second-order valence-electron chi connectivity index (χ2n) is 6.29. The van der Waals surface area contributed by atoms with Crippen LogP contribution in [-0.2, 0) is 20.4 Å². The number of hydrogen-bond donors (Lipinski definition) is 1. The molecule has 0 aromatic heterocycles. The first-order valence-electron chi connectivity index (χ1n) is 9.53. The number of nitro benzene ring substituents is 1. The summed E-state index contributed by atoms with van der Waals surface area (Å²) in [4.78, 5) is 33.4. The fourth-order valence-electron chi connectivity index (χ4n) is 2.39. The van der Waals surface area contributed by atoms with E-state index >= 15 is 0 Å². The Morgan fingerprint density at radius 3 is 2.47 bits per heavy atom. The Kier molecular flexibility index (Phi) is 9.30. The van der Waals surface area contributed by atoms with E-state index in [0.717, 1.165) is 24.3 Å². The highest BCUT2D eigenvalue weighted by Gasteiger charge is 2.31. The summed E-state index contributed by atoms with van der Waals surface area (Å²) in [6, 6.07) is 5.70. The quantitative estimate of drug-likeness (QED) is 0.212. The zero-order chi connectivity index (χ0) is 25.3. The van der Waals surface area contributed by atoms with Crippen LogP contribution in [0.3, 0.4) is 0 Å². The van der Waals surface area contributed by atoms with Crippen molar-refractivity contribution >= 4 is 29.4 Å². The van der Waals surface area contributed by atoms with Crippen LogP contribution < -0.4 is 14.8 Å². The van der Waals surface area contributed by atoms with Gasteiger partial charge < -0.3 is 24.3 Å². The predicted octanol–water partition coefficient (Wildman–Crippen LogP) is 4.73. The Morgan fingerprint density at radius 1 is 1.12 bits per heavy atom. The van der Waals surface area contributed by atoms with E-state index in [4.69, 9.17) is 25.8 Å². The monoisotopic (exact) mass is 506 g/mol. The van der Waals surface area contributed by atoms with Gasteiger partial charge >= 0.3 is 23.9 Å². The molecule has 0 heterocycles. The van der Waals surface area contributed by atoms with Crippen LogP contribution in [0.2, 0.25) is 5.02 Å². The molecule has 0 fully saturated rings. The molecule has 2 aromatic carbocycles. The number of ether oxygens (including phenoxy) is 4. The van der Waals surface area contributed by atoms with Gasteiger partial charge in [0, 0.05) is 12.1 Å². The molecule has 0 aliphatic rings. The standard InChI is InChI=1S/C20H18ClF3N2O8/c1-2-31-19(28)25-7-8-32-18(27)11-33-17-10-13(4-5-15(17)26(29)30)34-16-6-3-12(9-14(16)21)20(22,23)24/h3-6,9-10H,2,7-8,11H2,1H3,(H,25,28). The number of benzene rings is 2. The lowest BCUT2D eigenvalue weighted by Gasteiger charge is -2.12. The summed E-state index contributed by atoms with van der Waals surface area (Å²) < 4.78 is 58.3. The number of nitro groups is 1. The van der Waals surface area contributed by atoms with Gasteiger partial charge in [-0.05, 0) is 31.2 Å². The van der Waals surface area contributed by atoms with E-state index in [0.29, 0.717) is 6.07 Å². The van der Waals surface area contributed by atoms with Gasteiger partial charge in [0.2, 0.25) is 5.75 Å². The third-order valence-electron chi connectivity index (χ3n) is 3.87. The molecule has 10 nitrogen and oxygen atoms in total. The van der Waals surface area contributed by atoms with Crippen molar-refractivity contribution in [2.75, 3.05) is 26.4 Å². The minimum atomic E-state index is -4.60. The zero-order valence-corrected chi connectivity index (χ0v) is 18.3. The predicted molar refractivity (Wildman–Crippen MR) is 111 cm³/mol. The Morgan fingerprint density at radius 2 is 1.85 bits per heavy atom. The van der Waals surface area contributed by atoms with Crippen LogP contribution in [0.5, 0.6) is 17.2 Å². The average Bonchev–Trinajstić information content (AvgIpc) is 2.76. The van der Waals surface area contributed by atoms with Gasteiger partial charge in [-0.1, -0.05) is 11.6 Å². The van der Waals surface area contributed by atoms with Crippen molar-refractivity contribution in [3.8, 4) is 17.2 Å². The molecule has 0 spiro atoms. The van der Waals surface area contributed by atoms with E-state index < -0.39 is 41.0 Å². The molecule has 0 saturated carbocycles. The SMILES string of the molecule is CCOC(=O)NCCOC(=O)COc1cc(Oc2ccc(C(F)(F)F)cc2Cl)ccc1[N+](=O)[O-]. The number of rotatable bonds is 10. The van der Waals surface area contributed by atoms with Gasteiger partial charge in [-0.15, -0.1) is 0 Å². The van der Waals surface area contributed by atoms with Gasteiger partial charge in [-0.3, -0.25) is 10.1 Å². The normalized spacial score (nSPS) is 10.9. The van der Waals surface area contributed by atoms with Crippen molar-refractivity contribution in [3.05, 3.63) is 57.1 Å². The molecule has 0 saturated heterocycles. The van der Waals surface area contributed by atoms with Gasteiger partial charge in [-0.2, -0.15) is 13.2 Å². The molecule has 0 atom stereocenters. The molecule has 1 N–H and O–H groups in total. The number of esters is 1. The highest BCUT2D eigenvalue weighted by molar-refractivity contribution is 6.32. The maximum absolute atomic E-state index is 12.8. The number of nitrogens with zero attached hydrogens (tertiary/aromatic N) is 1. The maximum Gasteiger partial charge on any atom is 0.416 e. The first-order valence-corrected chi connectivity index (χ1v) is 9.91. The minimum absolute atomic E-state index is 0.0259. The largest absolute Gasteiger partial charge is 0.475 e. The van der Waals surface area contributed by atoms with Crippen LogP contribution in [0.25, 0.3) is 0 Å². The van der Waals surface area contributed by atoms with E-state index in [9.17, 15) is 32.9 Å². The Labute approximate surface area is 195 Å². The number of hydrogen-bond acceptors (Lipinski definition) is 8. The van der Waals surface area contributed by atoms with E-state index in [-0.39, 0.29) is 42.0 Å². The van der Waals surface area contributed by atoms with Gasteiger partial charge in [0.25, 0.3) is 0 Å². The summed E-state index contributed by atoms with van der Waals surface area (Å²) in [5.41, 5.74) is -1.48. The Bertz CT molecular complexity index is 1050. The van der Waals surface area contributed by atoms with Crippen LogP contribution >= 0.6 is 11.6 Å². The van der Waals surface area contributed by atoms with E-state index in [1.165, 1.54) is 6.07 Å². The molecule has 0 unspecified atom stereocenters. The zero-order valence-electron chi connectivity index (χ0n) is 17.5. The van der Waals surface area contributed by atoms with E-state index in [2.05, 4.69) is 10.1 Å². The molecule has 34 heavy (non-hydrogen) atoms. The molecule has 0 bridgehead atoms. The molecular formula is C20H18ClF3N2O8. The number of alkyl carbamates (subject to hydrolysis) is 1. The van der Waals surface area contributed by atoms with Crippen LogP contribution in [0, 0.1) is 10.1 Å². The number of carbonyl (C=O) groups excluding carboxylic acids is 2. The summed E-state index contributed by atoms with van der Waals surface area (Å²) in [5.74, 6) is -1.42. The van der Waals surface area contributed by atoms with Crippen molar-refractivity contribution < 1.29 is 46.6 Å². The molecule has 2 aromatic rings. The third-order valence-corrected chi connectivity index (χ3v) is 4.17. The Hall–Kier alpha value is -3.74.